The number of carbonyl (C=O) groups is 2. The number of nitrogens with zero attached hydrogens (tertiary/aromatic N) is 3. The van der Waals surface area contributed by atoms with Crippen molar-refractivity contribution in [2.45, 2.75) is 13.1 Å². The molecule has 2 aromatic heterocycles. The number of fused-ring (bicyclic) bond motifs is 1. The third-order valence-corrected chi connectivity index (χ3v) is 4.88. The maximum atomic E-state index is 12.4. The lowest BCUT2D eigenvalue weighted by molar-refractivity contribution is -0.152. The van der Waals surface area contributed by atoms with E-state index in [4.69, 9.17) is 4.74 Å². The topological polar surface area (TPSA) is 81.5 Å². The van der Waals surface area contributed by atoms with Crippen LogP contribution in [0.4, 0.5) is 0 Å². The van der Waals surface area contributed by atoms with Crippen LogP contribution in [-0.2, 0) is 27.4 Å². The number of aromatic nitrogens is 2. The highest BCUT2D eigenvalue weighted by molar-refractivity contribution is 7.09. The molecule has 0 N–H and O–H groups in total. The van der Waals surface area contributed by atoms with Gasteiger partial charge in [0.1, 0.15) is 6.54 Å². The van der Waals surface area contributed by atoms with E-state index in [1.54, 1.807) is 46.6 Å². The highest BCUT2D eigenvalue weighted by Crippen LogP contribution is 2.12. The summed E-state index contributed by atoms with van der Waals surface area (Å²) in [6.45, 7) is 3.72. The Bertz CT molecular complexity index is 1040. The minimum absolute atomic E-state index is 0.309. The van der Waals surface area contributed by atoms with Gasteiger partial charge in [-0.2, -0.15) is 0 Å². The van der Waals surface area contributed by atoms with Crippen LogP contribution < -0.4 is 5.56 Å². The van der Waals surface area contributed by atoms with Gasteiger partial charge in [0.25, 0.3) is 11.5 Å². The number of rotatable bonds is 8. The van der Waals surface area contributed by atoms with E-state index in [9.17, 15) is 14.4 Å². The highest BCUT2D eigenvalue weighted by Gasteiger charge is 2.16. The lowest BCUT2D eigenvalue weighted by Gasteiger charge is -2.20. The highest BCUT2D eigenvalue weighted by atomic mass is 32.1. The SMILES string of the molecule is C=CCN(Cc1cccs1)C(=O)COC(=O)Cn1cnc2ccccc2c1=O. The lowest BCUT2D eigenvalue weighted by Crippen LogP contribution is -2.35. The first-order valence-electron chi connectivity index (χ1n) is 8.59. The molecule has 0 aliphatic rings. The van der Waals surface area contributed by atoms with E-state index in [-0.39, 0.29) is 18.0 Å². The van der Waals surface area contributed by atoms with Crippen LogP contribution in [0.25, 0.3) is 10.9 Å². The number of benzene rings is 1. The molecule has 144 valence electrons. The Labute approximate surface area is 165 Å². The summed E-state index contributed by atoms with van der Waals surface area (Å²) in [6.07, 6.45) is 2.92. The van der Waals surface area contributed by atoms with Gasteiger partial charge in [0.15, 0.2) is 6.61 Å². The molecule has 1 aromatic carbocycles. The van der Waals surface area contributed by atoms with E-state index in [2.05, 4.69) is 11.6 Å². The van der Waals surface area contributed by atoms with Crippen LogP contribution in [0.2, 0.25) is 0 Å². The Balaban J connectivity index is 1.60. The van der Waals surface area contributed by atoms with Crippen LogP contribution in [-0.4, -0.2) is 39.5 Å². The zero-order valence-electron chi connectivity index (χ0n) is 15.1. The van der Waals surface area contributed by atoms with Gasteiger partial charge in [-0.3, -0.25) is 19.0 Å². The number of para-hydroxylation sites is 1. The van der Waals surface area contributed by atoms with Crippen LogP contribution >= 0.6 is 11.3 Å². The van der Waals surface area contributed by atoms with Gasteiger partial charge >= 0.3 is 5.97 Å². The first kappa shape index (κ1) is 19.5. The predicted molar refractivity (Wildman–Crippen MR) is 107 cm³/mol. The number of ether oxygens (including phenoxy) is 1. The predicted octanol–water partition coefficient (Wildman–Crippen LogP) is 2.22. The van der Waals surface area contributed by atoms with Gasteiger partial charge in [-0.05, 0) is 23.6 Å². The number of carbonyl (C=O) groups excluding carboxylic acids is 2. The Hall–Kier alpha value is -3.26. The summed E-state index contributed by atoms with van der Waals surface area (Å²) < 4.78 is 6.24. The van der Waals surface area contributed by atoms with Crippen molar-refractivity contribution in [1.29, 1.82) is 0 Å². The molecular formula is C20H19N3O4S. The molecule has 0 aliphatic heterocycles. The van der Waals surface area contributed by atoms with Crippen LogP contribution in [0.3, 0.4) is 0 Å². The monoisotopic (exact) mass is 397 g/mol. The van der Waals surface area contributed by atoms with Crippen molar-refractivity contribution < 1.29 is 14.3 Å². The van der Waals surface area contributed by atoms with Crippen LogP contribution in [0.1, 0.15) is 4.88 Å². The molecule has 1 amide bonds. The van der Waals surface area contributed by atoms with Crippen LogP contribution in [0, 0.1) is 0 Å². The van der Waals surface area contributed by atoms with Crippen LogP contribution in [0.5, 0.6) is 0 Å². The zero-order valence-corrected chi connectivity index (χ0v) is 15.9. The molecule has 2 heterocycles. The van der Waals surface area contributed by atoms with Crippen molar-refractivity contribution in [2.75, 3.05) is 13.2 Å². The molecule has 0 bridgehead atoms. The summed E-state index contributed by atoms with van der Waals surface area (Å²) in [6, 6.07) is 10.7. The zero-order chi connectivity index (χ0) is 19.9. The van der Waals surface area contributed by atoms with Crippen molar-refractivity contribution in [3.05, 3.63) is 76.0 Å². The first-order valence-corrected chi connectivity index (χ1v) is 9.47. The molecule has 8 heteroatoms. The van der Waals surface area contributed by atoms with Gasteiger partial charge in [0.2, 0.25) is 0 Å². The number of esters is 1. The Morgan fingerprint density at radius 1 is 1.25 bits per heavy atom. The molecule has 0 saturated heterocycles. The van der Waals surface area contributed by atoms with Crippen molar-refractivity contribution in [1.82, 2.24) is 14.5 Å². The average Bonchev–Trinajstić information content (AvgIpc) is 3.21. The van der Waals surface area contributed by atoms with Gasteiger partial charge in [-0.25, -0.2) is 4.98 Å². The van der Waals surface area contributed by atoms with Gasteiger partial charge < -0.3 is 9.64 Å². The fraction of sp³-hybridized carbons (Fsp3) is 0.200. The van der Waals surface area contributed by atoms with Gasteiger partial charge in [-0.1, -0.05) is 24.3 Å². The fourth-order valence-corrected chi connectivity index (χ4v) is 3.36. The molecule has 0 spiro atoms. The summed E-state index contributed by atoms with van der Waals surface area (Å²) in [5, 5.41) is 2.35. The van der Waals surface area contributed by atoms with E-state index < -0.39 is 12.6 Å². The van der Waals surface area contributed by atoms with Crippen molar-refractivity contribution in [3.63, 3.8) is 0 Å². The van der Waals surface area contributed by atoms with Gasteiger partial charge in [0, 0.05) is 11.4 Å². The van der Waals surface area contributed by atoms with E-state index >= 15 is 0 Å². The van der Waals surface area contributed by atoms with Crippen molar-refractivity contribution in [3.8, 4) is 0 Å². The standard InChI is InChI=1S/C20H19N3O4S/c1-2-9-22(11-15-6-5-10-28-15)18(24)13-27-19(25)12-23-14-21-17-8-4-3-7-16(17)20(23)26/h2-8,10,14H,1,9,11-13H2. The Morgan fingerprint density at radius 3 is 2.82 bits per heavy atom. The van der Waals surface area contributed by atoms with Gasteiger partial charge in [0.05, 0.1) is 23.8 Å². The summed E-state index contributed by atoms with van der Waals surface area (Å²) in [7, 11) is 0. The third-order valence-electron chi connectivity index (χ3n) is 4.02. The summed E-state index contributed by atoms with van der Waals surface area (Å²) in [4.78, 5) is 43.6. The van der Waals surface area contributed by atoms with Gasteiger partial charge in [-0.15, -0.1) is 17.9 Å². The molecule has 28 heavy (non-hydrogen) atoms. The first-order chi connectivity index (χ1) is 13.6. The minimum Gasteiger partial charge on any atom is -0.454 e. The molecule has 7 nitrogen and oxygen atoms in total. The second-order valence-corrected chi connectivity index (χ2v) is 7.03. The van der Waals surface area contributed by atoms with Crippen molar-refractivity contribution >= 4 is 34.1 Å². The minimum atomic E-state index is -0.679. The van der Waals surface area contributed by atoms with E-state index in [1.807, 2.05) is 17.5 Å². The molecule has 0 atom stereocenters. The third kappa shape index (κ3) is 4.72. The molecular weight excluding hydrogens is 378 g/mol. The molecule has 3 rings (SSSR count). The molecule has 3 aromatic rings. The number of amides is 1. The van der Waals surface area contributed by atoms with E-state index in [0.717, 1.165) is 4.88 Å². The number of hydrogen-bond acceptors (Lipinski definition) is 6. The van der Waals surface area contributed by atoms with Crippen LogP contribution in [0.15, 0.2) is 65.6 Å². The molecule has 0 radical (unpaired) electrons. The average molecular weight is 397 g/mol. The summed E-state index contributed by atoms with van der Waals surface area (Å²) in [5.74, 6) is -1.01. The van der Waals surface area contributed by atoms with E-state index in [0.29, 0.717) is 24.0 Å². The summed E-state index contributed by atoms with van der Waals surface area (Å²) >= 11 is 1.54. The lowest BCUT2D eigenvalue weighted by atomic mass is 10.2. The quantitative estimate of drug-likeness (QED) is 0.430. The summed E-state index contributed by atoms with van der Waals surface area (Å²) in [5.41, 5.74) is 0.223. The largest absolute Gasteiger partial charge is 0.454 e. The Kier molecular flexibility index (Phi) is 6.33. The smallest absolute Gasteiger partial charge is 0.326 e. The number of thiophene rings is 1. The second kappa shape index (κ2) is 9.09. The molecule has 0 saturated carbocycles. The fourth-order valence-electron chi connectivity index (χ4n) is 2.64. The normalized spacial score (nSPS) is 10.6. The maximum absolute atomic E-state index is 12.4. The number of hydrogen-bond donors (Lipinski definition) is 0. The Morgan fingerprint density at radius 2 is 2.07 bits per heavy atom. The second-order valence-electron chi connectivity index (χ2n) is 6.00. The van der Waals surface area contributed by atoms with E-state index in [1.165, 1.54) is 10.9 Å². The maximum Gasteiger partial charge on any atom is 0.326 e. The molecule has 0 unspecified atom stereocenters. The van der Waals surface area contributed by atoms with Crippen molar-refractivity contribution in [2.24, 2.45) is 0 Å². The molecule has 0 aliphatic carbocycles. The molecule has 0 fully saturated rings.